The van der Waals surface area contributed by atoms with Crippen LogP contribution in [0.25, 0.3) is 0 Å². The van der Waals surface area contributed by atoms with Gasteiger partial charge in [-0.15, -0.1) is 0 Å². The zero-order chi connectivity index (χ0) is 12.0. The van der Waals surface area contributed by atoms with Crippen LogP contribution in [0.5, 0.6) is 0 Å². The molecule has 0 radical (unpaired) electrons. The van der Waals surface area contributed by atoms with Gasteiger partial charge in [-0.25, -0.2) is 8.78 Å². The first-order valence-electron chi connectivity index (χ1n) is 5.53. The van der Waals surface area contributed by atoms with Gasteiger partial charge in [0.05, 0.1) is 0 Å². The predicted molar refractivity (Wildman–Crippen MR) is 61.1 cm³/mol. The van der Waals surface area contributed by atoms with Gasteiger partial charge in [-0.05, 0) is 50.6 Å². The Hall–Kier alpha value is -1.00. The number of unbranched alkanes of at least 4 members (excludes halogenated alkanes) is 1. The fraction of sp³-hybridized carbons (Fsp3) is 0.500. The van der Waals surface area contributed by atoms with Crippen LogP contribution in [0.3, 0.4) is 0 Å². The summed E-state index contributed by atoms with van der Waals surface area (Å²) in [5, 5.41) is 3.24. The number of benzene rings is 1. The molecular weight excluding hydrogens is 210 g/mol. The van der Waals surface area contributed by atoms with Gasteiger partial charge in [0, 0.05) is 6.04 Å². The minimum absolute atomic E-state index is 0.0212. The predicted octanol–water partition coefficient (Wildman–Crippen LogP) is 2.35. The molecule has 0 saturated carbocycles. The van der Waals surface area contributed by atoms with Gasteiger partial charge in [0.15, 0.2) is 11.6 Å². The summed E-state index contributed by atoms with van der Waals surface area (Å²) in [7, 11) is 0. The second-order valence-corrected chi connectivity index (χ2v) is 3.85. The van der Waals surface area contributed by atoms with Crippen LogP contribution in [0.2, 0.25) is 0 Å². The highest BCUT2D eigenvalue weighted by Crippen LogP contribution is 2.15. The lowest BCUT2D eigenvalue weighted by Gasteiger charge is -2.14. The summed E-state index contributed by atoms with van der Waals surface area (Å²) < 4.78 is 25.7. The van der Waals surface area contributed by atoms with Crippen molar-refractivity contribution >= 4 is 0 Å². The number of rotatable bonds is 6. The van der Waals surface area contributed by atoms with Crippen molar-refractivity contribution in [2.45, 2.75) is 25.8 Å². The average Bonchev–Trinajstić information content (AvgIpc) is 2.28. The first-order chi connectivity index (χ1) is 7.65. The van der Waals surface area contributed by atoms with Crippen molar-refractivity contribution in [3.05, 3.63) is 35.4 Å². The number of nitrogens with one attached hydrogen (secondary N) is 1. The van der Waals surface area contributed by atoms with Crippen molar-refractivity contribution < 1.29 is 8.78 Å². The largest absolute Gasteiger partial charge is 0.330 e. The van der Waals surface area contributed by atoms with Crippen molar-refractivity contribution in [1.82, 2.24) is 5.32 Å². The smallest absolute Gasteiger partial charge is 0.159 e. The molecule has 0 aliphatic carbocycles. The minimum Gasteiger partial charge on any atom is -0.330 e. The molecule has 3 N–H and O–H groups in total. The van der Waals surface area contributed by atoms with Gasteiger partial charge in [-0.3, -0.25) is 0 Å². The standard InChI is InChI=1S/C12H18F2N2/c1-9(16-7-3-2-6-15)10-4-5-11(13)12(14)8-10/h4-5,8-9,16H,2-3,6-7,15H2,1H3. The second-order valence-electron chi connectivity index (χ2n) is 3.85. The minimum atomic E-state index is -0.806. The van der Waals surface area contributed by atoms with E-state index in [9.17, 15) is 8.78 Å². The van der Waals surface area contributed by atoms with E-state index in [1.807, 2.05) is 6.92 Å². The quantitative estimate of drug-likeness (QED) is 0.733. The third kappa shape index (κ3) is 3.87. The van der Waals surface area contributed by atoms with Crippen LogP contribution in [0.15, 0.2) is 18.2 Å². The fourth-order valence-electron chi connectivity index (χ4n) is 1.49. The maximum atomic E-state index is 13.0. The number of halogens is 2. The molecule has 90 valence electrons. The molecule has 1 aromatic carbocycles. The van der Waals surface area contributed by atoms with Crippen molar-refractivity contribution in [3.8, 4) is 0 Å². The Kier molecular flexibility index (Phi) is 5.35. The van der Waals surface area contributed by atoms with E-state index in [1.165, 1.54) is 6.07 Å². The highest BCUT2D eigenvalue weighted by Gasteiger charge is 2.08. The van der Waals surface area contributed by atoms with Crippen LogP contribution in [0.4, 0.5) is 8.78 Å². The highest BCUT2D eigenvalue weighted by molar-refractivity contribution is 5.20. The maximum absolute atomic E-state index is 13.0. The third-order valence-corrected chi connectivity index (χ3v) is 2.53. The molecule has 1 aromatic rings. The molecule has 4 heteroatoms. The Labute approximate surface area is 94.8 Å². The SMILES string of the molecule is CC(NCCCCN)c1ccc(F)c(F)c1. The molecule has 1 unspecified atom stereocenters. The van der Waals surface area contributed by atoms with Gasteiger partial charge in [-0.1, -0.05) is 6.07 Å². The van der Waals surface area contributed by atoms with Gasteiger partial charge < -0.3 is 11.1 Å². The fourth-order valence-corrected chi connectivity index (χ4v) is 1.49. The zero-order valence-corrected chi connectivity index (χ0v) is 9.47. The van der Waals surface area contributed by atoms with E-state index < -0.39 is 11.6 Å². The van der Waals surface area contributed by atoms with Crippen molar-refractivity contribution in [2.24, 2.45) is 5.73 Å². The van der Waals surface area contributed by atoms with Crippen LogP contribution in [-0.4, -0.2) is 13.1 Å². The highest BCUT2D eigenvalue weighted by atomic mass is 19.2. The molecule has 0 bridgehead atoms. The summed E-state index contributed by atoms with van der Waals surface area (Å²) in [5.74, 6) is -1.60. The average molecular weight is 228 g/mol. The molecule has 0 fully saturated rings. The Morgan fingerprint density at radius 2 is 2.00 bits per heavy atom. The van der Waals surface area contributed by atoms with E-state index in [2.05, 4.69) is 5.32 Å². The molecule has 0 aromatic heterocycles. The molecule has 0 aliphatic heterocycles. The van der Waals surface area contributed by atoms with E-state index in [4.69, 9.17) is 5.73 Å². The molecule has 0 heterocycles. The molecule has 0 amide bonds. The molecule has 16 heavy (non-hydrogen) atoms. The Balaban J connectivity index is 2.46. The van der Waals surface area contributed by atoms with Crippen LogP contribution in [0, 0.1) is 11.6 Å². The van der Waals surface area contributed by atoms with Crippen molar-refractivity contribution in [2.75, 3.05) is 13.1 Å². The van der Waals surface area contributed by atoms with Crippen LogP contribution in [-0.2, 0) is 0 Å². The number of nitrogens with two attached hydrogens (primary N) is 1. The van der Waals surface area contributed by atoms with E-state index in [0.717, 1.165) is 31.0 Å². The monoisotopic (exact) mass is 228 g/mol. The topological polar surface area (TPSA) is 38.0 Å². The molecule has 0 aliphatic rings. The van der Waals surface area contributed by atoms with Gasteiger partial charge in [0.2, 0.25) is 0 Å². The first kappa shape index (κ1) is 13.1. The molecule has 0 saturated heterocycles. The van der Waals surface area contributed by atoms with Crippen LogP contribution >= 0.6 is 0 Å². The second kappa shape index (κ2) is 6.55. The summed E-state index contributed by atoms with van der Waals surface area (Å²) in [6, 6.07) is 4.00. The van der Waals surface area contributed by atoms with Gasteiger partial charge in [0.1, 0.15) is 0 Å². The van der Waals surface area contributed by atoms with E-state index in [0.29, 0.717) is 6.54 Å². The summed E-state index contributed by atoms with van der Waals surface area (Å²) in [6.45, 7) is 3.44. The van der Waals surface area contributed by atoms with E-state index in [1.54, 1.807) is 6.07 Å². The molecule has 2 nitrogen and oxygen atoms in total. The molecule has 1 atom stereocenters. The normalized spacial score (nSPS) is 12.8. The van der Waals surface area contributed by atoms with E-state index in [-0.39, 0.29) is 6.04 Å². The Bertz CT molecular complexity index is 329. The Morgan fingerprint density at radius 3 is 2.62 bits per heavy atom. The summed E-state index contributed by atoms with van der Waals surface area (Å²) in [4.78, 5) is 0. The molecule has 0 spiro atoms. The van der Waals surface area contributed by atoms with Crippen molar-refractivity contribution in [1.29, 1.82) is 0 Å². The van der Waals surface area contributed by atoms with Gasteiger partial charge in [-0.2, -0.15) is 0 Å². The molecular formula is C12H18F2N2. The summed E-state index contributed by atoms with van der Waals surface area (Å²) in [5.41, 5.74) is 6.13. The number of hydrogen-bond acceptors (Lipinski definition) is 2. The van der Waals surface area contributed by atoms with Gasteiger partial charge >= 0.3 is 0 Å². The zero-order valence-electron chi connectivity index (χ0n) is 9.47. The van der Waals surface area contributed by atoms with Crippen LogP contribution in [0.1, 0.15) is 31.4 Å². The molecule has 1 rings (SSSR count). The first-order valence-corrected chi connectivity index (χ1v) is 5.53. The lowest BCUT2D eigenvalue weighted by molar-refractivity contribution is 0.499. The maximum Gasteiger partial charge on any atom is 0.159 e. The lowest BCUT2D eigenvalue weighted by Crippen LogP contribution is -2.20. The third-order valence-electron chi connectivity index (χ3n) is 2.53. The number of hydrogen-bond donors (Lipinski definition) is 2. The van der Waals surface area contributed by atoms with Crippen molar-refractivity contribution in [3.63, 3.8) is 0 Å². The van der Waals surface area contributed by atoms with E-state index >= 15 is 0 Å². The van der Waals surface area contributed by atoms with Crippen LogP contribution < -0.4 is 11.1 Å². The lowest BCUT2D eigenvalue weighted by atomic mass is 10.1. The van der Waals surface area contributed by atoms with Gasteiger partial charge in [0.25, 0.3) is 0 Å². The summed E-state index contributed by atoms with van der Waals surface area (Å²) in [6.07, 6.45) is 1.96. The Morgan fingerprint density at radius 1 is 1.25 bits per heavy atom. The summed E-state index contributed by atoms with van der Waals surface area (Å²) >= 11 is 0.